The Kier molecular flexibility index (Phi) is 7.96. The molecule has 1 aromatic heterocycles. The van der Waals surface area contributed by atoms with E-state index < -0.39 is 34.5 Å². The molecule has 0 saturated heterocycles. The number of likely N-dealkylation sites (N-methyl/N-ethyl adjacent to an activating group) is 1. The third-order valence-corrected chi connectivity index (χ3v) is 7.92. The number of hydrogen-bond donors (Lipinski definition) is 0. The maximum Gasteiger partial charge on any atom is 0.322 e. The minimum absolute atomic E-state index is 0.00919. The number of aromatic nitrogens is 1. The van der Waals surface area contributed by atoms with Crippen molar-refractivity contribution in [3.05, 3.63) is 41.7 Å². The number of rotatable bonds is 8. The molecule has 1 unspecified atom stereocenters. The molecule has 1 atom stereocenters. The van der Waals surface area contributed by atoms with E-state index in [1.165, 1.54) is 25.3 Å². The zero-order valence-electron chi connectivity index (χ0n) is 17.9. The molecule has 0 bridgehead atoms. The first-order valence-electron chi connectivity index (χ1n) is 10.3. The monoisotopic (exact) mass is 483 g/mol. The lowest BCUT2D eigenvalue weighted by atomic mass is 9.94. The highest BCUT2D eigenvalue weighted by molar-refractivity contribution is 7.89. The Bertz CT molecular complexity index is 1020. The quantitative estimate of drug-likeness (QED) is 0.535. The number of carbonyl (C=O) groups excluding carboxylic acids is 2. The van der Waals surface area contributed by atoms with Crippen LogP contribution in [0.5, 0.6) is 0 Å². The number of anilines is 1. The van der Waals surface area contributed by atoms with Crippen LogP contribution in [0.2, 0.25) is 0 Å². The molecule has 8 nitrogen and oxygen atoms in total. The summed E-state index contributed by atoms with van der Waals surface area (Å²) in [4.78, 5) is 31.3. The molecular formula is C21H26FN3O5S2. The van der Waals surface area contributed by atoms with Gasteiger partial charge in [0.1, 0.15) is 12.4 Å². The number of hydrogen-bond acceptors (Lipinski definition) is 7. The molecule has 2 aromatic rings. The third-order valence-electron chi connectivity index (χ3n) is 5.33. The van der Waals surface area contributed by atoms with Crippen LogP contribution in [0.1, 0.15) is 39.0 Å². The lowest BCUT2D eigenvalue weighted by Gasteiger charge is -2.34. The molecule has 1 amide bonds. The van der Waals surface area contributed by atoms with Crippen LogP contribution in [0.4, 0.5) is 9.52 Å². The van der Waals surface area contributed by atoms with Crippen LogP contribution in [0.25, 0.3) is 0 Å². The molecule has 1 aliphatic rings. The van der Waals surface area contributed by atoms with Crippen LogP contribution in [0.3, 0.4) is 0 Å². The van der Waals surface area contributed by atoms with Gasteiger partial charge in [0.15, 0.2) is 11.2 Å². The number of thiazole rings is 1. The molecule has 32 heavy (non-hydrogen) atoms. The predicted molar refractivity (Wildman–Crippen MR) is 118 cm³/mol. The number of nitrogens with zero attached hydrogens (tertiary/aromatic N) is 3. The largest absolute Gasteiger partial charge is 0.452 e. The molecular weight excluding hydrogens is 457 g/mol. The molecule has 1 aromatic carbocycles. The summed E-state index contributed by atoms with van der Waals surface area (Å²) in [5.74, 6) is -1.81. The number of amides is 1. The van der Waals surface area contributed by atoms with E-state index in [2.05, 4.69) is 4.98 Å². The number of esters is 1. The Balaban J connectivity index is 1.65. The van der Waals surface area contributed by atoms with Crippen molar-refractivity contribution in [3.63, 3.8) is 0 Å². The van der Waals surface area contributed by atoms with E-state index in [-0.39, 0.29) is 16.8 Å². The number of ether oxygens (including phenoxy) is 1. The van der Waals surface area contributed by atoms with Gasteiger partial charge in [-0.05, 0) is 44.0 Å². The van der Waals surface area contributed by atoms with E-state index in [9.17, 15) is 22.4 Å². The average molecular weight is 484 g/mol. The SMILES string of the molecule is CC(OC(=O)CN(C)S(=O)(=O)c1ccc(F)cc1)C(=O)N(c1nccs1)C1CCCCC1. The standard InChI is InChI=1S/C21H26FN3O5S2/c1-15(20(27)25(21-23-12-13-31-21)17-6-4-3-5-7-17)30-19(26)14-24(2)32(28,29)18-10-8-16(22)9-11-18/h8-13,15,17H,3-7,14H2,1-2H3. The first kappa shape index (κ1) is 24.3. The summed E-state index contributed by atoms with van der Waals surface area (Å²) in [6.45, 7) is 0.885. The molecule has 1 fully saturated rings. The molecule has 1 heterocycles. The summed E-state index contributed by atoms with van der Waals surface area (Å²) in [6, 6.07) is 4.28. The zero-order valence-corrected chi connectivity index (χ0v) is 19.6. The molecule has 0 spiro atoms. The van der Waals surface area contributed by atoms with E-state index in [4.69, 9.17) is 4.74 Å². The van der Waals surface area contributed by atoms with Crippen molar-refractivity contribution in [2.24, 2.45) is 0 Å². The van der Waals surface area contributed by atoms with Gasteiger partial charge in [0.2, 0.25) is 10.0 Å². The Hall–Kier alpha value is -2.37. The van der Waals surface area contributed by atoms with E-state index in [0.29, 0.717) is 5.13 Å². The average Bonchev–Trinajstić information content (AvgIpc) is 3.29. The van der Waals surface area contributed by atoms with Gasteiger partial charge in [-0.15, -0.1) is 11.3 Å². The summed E-state index contributed by atoms with van der Waals surface area (Å²) >= 11 is 1.34. The lowest BCUT2D eigenvalue weighted by molar-refractivity contribution is -0.154. The summed E-state index contributed by atoms with van der Waals surface area (Å²) < 4.78 is 44.3. The van der Waals surface area contributed by atoms with Crippen LogP contribution >= 0.6 is 11.3 Å². The second-order valence-corrected chi connectivity index (χ2v) is 10.6. The first-order valence-corrected chi connectivity index (χ1v) is 12.7. The van der Waals surface area contributed by atoms with Gasteiger partial charge in [0.05, 0.1) is 4.90 Å². The highest BCUT2D eigenvalue weighted by Crippen LogP contribution is 2.29. The Morgan fingerprint density at radius 2 is 1.88 bits per heavy atom. The summed E-state index contributed by atoms with van der Waals surface area (Å²) in [5.41, 5.74) is 0. The van der Waals surface area contributed by atoms with Crippen LogP contribution in [-0.4, -0.2) is 55.3 Å². The number of sulfonamides is 1. The van der Waals surface area contributed by atoms with Gasteiger partial charge in [-0.1, -0.05) is 19.3 Å². The second-order valence-electron chi connectivity index (χ2n) is 7.66. The van der Waals surface area contributed by atoms with Gasteiger partial charge in [0.25, 0.3) is 5.91 Å². The van der Waals surface area contributed by atoms with Crippen LogP contribution < -0.4 is 4.90 Å². The van der Waals surface area contributed by atoms with Crippen LogP contribution in [0.15, 0.2) is 40.7 Å². The molecule has 1 aliphatic carbocycles. The van der Waals surface area contributed by atoms with Crippen molar-refractivity contribution in [2.75, 3.05) is 18.5 Å². The van der Waals surface area contributed by atoms with Crippen molar-refractivity contribution in [2.45, 2.75) is 56.1 Å². The fourth-order valence-electron chi connectivity index (χ4n) is 3.64. The van der Waals surface area contributed by atoms with E-state index in [1.807, 2.05) is 0 Å². The van der Waals surface area contributed by atoms with Crippen molar-refractivity contribution < 1.29 is 27.1 Å². The highest BCUT2D eigenvalue weighted by Gasteiger charge is 2.33. The number of carbonyl (C=O) groups is 2. The Morgan fingerprint density at radius 1 is 1.22 bits per heavy atom. The first-order chi connectivity index (χ1) is 15.2. The van der Waals surface area contributed by atoms with Gasteiger partial charge in [-0.3, -0.25) is 14.5 Å². The lowest BCUT2D eigenvalue weighted by Crippen LogP contribution is -2.47. The number of benzene rings is 1. The topological polar surface area (TPSA) is 96.9 Å². The zero-order chi connectivity index (χ0) is 23.3. The normalized spacial score (nSPS) is 16.0. The fraction of sp³-hybridized carbons (Fsp3) is 0.476. The maximum atomic E-state index is 13.2. The second kappa shape index (κ2) is 10.5. The van der Waals surface area contributed by atoms with Gasteiger partial charge in [-0.25, -0.2) is 17.8 Å². The minimum atomic E-state index is -4.01. The number of halogens is 1. The Morgan fingerprint density at radius 3 is 2.47 bits per heavy atom. The van der Waals surface area contributed by atoms with Gasteiger partial charge >= 0.3 is 5.97 Å². The molecule has 174 valence electrons. The van der Waals surface area contributed by atoms with Gasteiger partial charge in [0, 0.05) is 24.7 Å². The van der Waals surface area contributed by atoms with Crippen molar-refractivity contribution >= 4 is 38.4 Å². The van der Waals surface area contributed by atoms with Gasteiger partial charge < -0.3 is 4.74 Å². The molecule has 1 saturated carbocycles. The molecule has 11 heteroatoms. The van der Waals surface area contributed by atoms with Crippen molar-refractivity contribution in [1.29, 1.82) is 0 Å². The predicted octanol–water partition coefficient (Wildman–Crippen LogP) is 3.20. The van der Waals surface area contributed by atoms with Crippen molar-refractivity contribution in [1.82, 2.24) is 9.29 Å². The summed E-state index contributed by atoms with van der Waals surface area (Å²) in [7, 11) is -2.80. The molecule has 0 aliphatic heterocycles. The van der Waals surface area contributed by atoms with Crippen LogP contribution in [0, 0.1) is 5.82 Å². The van der Waals surface area contributed by atoms with Gasteiger partial charge in [-0.2, -0.15) is 4.31 Å². The maximum absolute atomic E-state index is 13.2. The van der Waals surface area contributed by atoms with Crippen molar-refractivity contribution in [3.8, 4) is 0 Å². The Labute approximate surface area is 191 Å². The van der Waals surface area contributed by atoms with E-state index in [0.717, 1.165) is 60.7 Å². The smallest absolute Gasteiger partial charge is 0.322 e. The molecule has 0 N–H and O–H groups in total. The fourth-order valence-corrected chi connectivity index (χ4v) is 5.47. The summed E-state index contributed by atoms with van der Waals surface area (Å²) in [5, 5.41) is 2.34. The summed E-state index contributed by atoms with van der Waals surface area (Å²) in [6.07, 6.45) is 5.37. The van der Waals surface area contributed by atoms with Crippen LogP contribution in [-0.2, 0) is 24.3 Å². The minimum Gasteiger partial charge on any atom is -0.452 e. The van der Waals surface area contributed by atoms with E-state index in [1.54, 1.807) is 16.5 Å². The highest BCUT2D eigenvalue weighted by atomic mass is 32.2. The van der Waals surface area contributed by atoms with E-state index >= 15 is 0 Å². The molecule has 0 radical (unpaired) electrons. The molecule has 3 rings (SSSR count). The third kappa shape index (κ3) is 5.70.